The van der Waals surface area contributed by atoms with Gasteiger partial charge >= 0.3 is 0 Å². The minimum Gasteiger partial charge on any atom is -0.356 e. The second-order valence-corrected chi connectivity index (χ2v) is 11.1. The summed E-state index contributed by atoms with van der Waals surface area (Å²) < 4.78 is 26.5. The topological polar surface area (TPSA) is 75.3 Å². The summed E-state index contributed by atoms with van der Waals surface area (Å²) in [6.45, 7) is 0.830. The molecule has 2 N–H and O–H groups in total. The zero-order valence-electron chi connectivity index (χ0n) is 17.0. The van der Waals surface area contributed by atoms with Gasteiger partial charge in [0.25, 0.3) is 0 Å². The van der Waals surface area contributed by atoms with Crippen LogP contribution in [0.2, 0.25) is 0 Å². The van der Waals surface area contributed by atoms with Crippen LogP contribution < -0.4 is 10.0 Å². The van der Waals surface area contributed by atoms with E-state index in [1.54, 1.807) is 6.08 Å². The van der Waals surface area contributed by atoms with Gasteiger partial charge in [0.05, 0.1) is 0 Å². The molecule has 1 aromatic carbocycles. The van der Waals surface area contributed by atoms with Crippen molar-refractivity contribution < 1.29 is 13.2 Å². The zero-order valence-corrected chi connectivity index (χ0v) is 17.8. The van der Waals surface area contributed by atoms with E-state index in [1.165, 1.54) is 38.5 Å². The summed E-state index contributed by atoms with van der Waals surface area (Å²) in [5, 5.41) is 4.16. The molecule has 4 bridgehead atoms. The molecule has 0 heterocycles. The van der Waals surface area contributed by atoms with Gasteiger partial charge in [0.1, 0.15) is 0 Å². The van der Waals surface area contributed by atoms with E-state index in [-0.39, 0.29) is 18.9 Å². The summed E-state index contributed by atoms with van der Waals surface area (Å²) >= 11 is 0. The van der Waals surface area contributed by atoms with Crippen LogP contribution in [0.4, 0.5) is 0 Å². The zero-order chi connectivity index (χ0) is 20.3. The predicted molar refractivity (Wildman–Crippen MR) is 115 cm³/mol. The summed E-state index contributed by atoms with van der Waals surface area (Å²) in [6.07, 6.45) is 11.1. The normalized spacial score (nSPS) is 30.7. The smallest absolute Gasteiger partial charge is 0.233 e. The van der Waals surface area contributed by atoms with Crippen LogP contribution in [-0.4, -0.2) is 27.4 Å². The van der Waals surface area contributed by atoms with Gasteiger partial charge in [-0.1, -0.05) is 30.3 Å². The fourth-order valence-corrected chi connectivity index (χ4v) is 7.06. The van der Waals surface area contributed by atoms with Crippen molar-refractivity contribution in [2.24, 2.45) is 23.2 Å². The Morgan fingerprint density at radius 1 is 1.00 bits per heavy atom. The Hall–Kier alpha value is -1.66. The summed E-state index contributed by atoms with van der Waals surface area (Å²) in [6, 6.07) is 9.26. The van der Waals surface area contributed by atoms with Crippen LogP contribution in [0.3, 0.4) is 0 Å². The molecule has 0 atom stereocenters. The van der Waals surface area contributed by atoms with Crippen molar-refractivity contribution in [3.05, 3.63) is 41.3 Å². The minimum atomic E-state index is -3.54. The van der Waals surface area contributed by atoms with Crippen molar-refractivity contribution >= 4 is 22.0 Å². The number of nitrogens with one attached hydrogen (secondary N) is 2. The largest absolute Gasteiger partial charge is 0.356 e. The number of carbonyl (C=O) groups excluding carboxylic acids is 1. The van der Waals surface area contributed by atoms with Crippen molar-refractivity contribution in [1.82, 2.24) is 10.0 Å². The Kier molecular flexibility index (Phi) is 6.11. The minimum absolute atomic E-state index is 0.0792. The van der Waals surface area contributed by atoms with Crippen molar-refractivity contribution in [2.45, 2.75) is 51.4 Å². The highest BCUT2D eigenvalue weighted by molar-refractivity contribution is 7.92. The highest BCUT2D eigenvalue weighted by Crippen LogP contribution is 2.61. The van der Waals surface area contributed by atoms with E-state index in [9.17, 15) is 13.2 Å². The van der Waals surface area contributed by atoms with Gasteiger partial charge in [-0.3, -0.25) is 4.79 Å². The maximum Gasteiger partial charge on any atom is 0.233 e. The lowest BCUT2D eigenvalue weighted by Crippen LogP contribution is -2.47. The molecule has 0 saturated heterocycles. The molecule has 0 spiro atoms. The molecule has 5 rings (SSSR count). The first-order chi connectivity index (χ1) is 13.9. The molecule has 1 aromatic rings. The van der Waals surface area contributed by atoms with E-state index in [2.05, 4.69) is 10.0 Å². The number of sulfonamides is 1. The SMILES string of the molecule is O=C(CCNS(=O)(=O)/C=C/c1ccccc1)NCCC12CC3CC(CC(C3)C1)C2. The Balaban J connectivity index is 1.16. The van der Waals surface area contributed by atoms with Gasteiger partial charge in [0, 0.05) is 24.9 Å². The van der Waals surface area contributed by atoms with Crippen molar-refractivity contribution in [2.75, 3.05) is 13.1 Å². The van der Waals surface area contributed by atoms with Crippen LogP contribution in [0.5, 0.6) is 0 Å². The first kappa shape index (κ1) is 20.6. The summed E-state index contributed by atoms with van der Waals surface area (Å²) in [5.74, 6) is 2.70. The average molecular weight is 417 g/mol. The molecule has 0 aliphatic heterocycles. The number of benzene rings is 1. The molecule has 0 unspecified atom stereocenters. The second-order valence-electron chi connectivity index (χ2n) is 9.42. The van der Waals surface area contributed by atoms with E-state index in [0.717, 1.165) is 35.1 Å². The van der Waals surface area contributed by atoms with Crippen molar-refractivity contribution in [3.8, 4) is 0 Å². The van der Waals surface area contributed by atoms with Gasteiger partial charge in [0.2, 0.25) is 15.9 Å². The first-order valence-electron chi connectivity index (χ1n) is 10.9. The predicted octanol–water partition coefficient (Wildman–Crippen LogP) is 3.69. The quantitative estimate of drug-likeness (QED) is 0.645. The van der Waals surface area contributed by atoms with E-state index in [4.69, 9.17) is 0 Å². The number of hydrogen-bond donors (Lipinski definition) is 2. The van der Waals surface area contributed by atoms with Gasteiger partial charge in [-0.15, -0.1) is 0 Å². The summed E-state index contributed by atoms with van der Waals surface area (Å²) in [4.78, 5) is 12.1. The molecule has 4 aliphatic carbocycles. The van der Waals surface area contributed by atoms with Crippen LogP contribution in [0, 0.1) is 23.2 Å². The monoisotopic (exact) mass is 416 g/mol. The van der Waals surface area contributed by atoms with Gasteiger partial charge in [-0.25, -0.2) is 13.1 Å². The fourth-order valence-electron chi connectivity index (χ4n) is 6.24. The van der Waals surface area contributed by atoms with Crippen molar-refractivity contribution in [3.63, 3.8) is 0 Å². The lowest BCUT2D eigenvalue weighted by molar-refractivity contribution is -0.121. The molecular weight excluding hydrogens is 384 g/mol. The van der Waals surface area contributed by atoms with Crippen LogP contribution in [0.1, 0.15) is 56.9 Å². The molecule has 6 heteroatoms. The third kappa shape index (κ3) is 5.48. The number of hydrogen-bond acceptors (Lipinski definition) is 3. The standard InChI is InChI=1S/C23H32N2O3S/c26-22(6-9-25-29(27,28)11-7-18-4-2-1-3-5-18)24-10-8-23-15-19-12-20(16-23)14-21(13-19)17-23/h1-5,7,11,19-21,25H,6,8-10,12-17H2,(H,24,26)/b11-7+. The maximum atomic E-state index is 12.1. The Morgan fingerprint density at radius 3 is 2.24 bits per heavy atom. The highest BCUT2D eigenvalue weighted by Gasteiger charge is 2.50. The number of amides is 1. The molecule has 29 heavy (non-hydrogen) atoms. The fraction of sp³-hybridized carbons (Fsp3) is 0.609. The number of carbonyl (C=O) groups is 1. The molecule has 0 radical (unpaired) electrons. The van der Waals surface area contributed by atoms with E-state index < -0.39 is 10.0 Å². The molecular formula is C23H32N2O3S. The Bertz CT molecular complexity index is 813. The molecule has 0 aromatic heterocycles. The van der Waals surface area contributed by atoms with Crippen LogP contribution in [0.25, 0.3) is 6.08 Å². The van der Waals surface area contributed by atoms with E-state index >= 15 is 0 Å². The van der Waals surface area contributed by atoms with Gasteiger partial charge < -0.3 is 5.32 Å². The molecule has 4 aliphatic rings. The van der Waals surface area contributed by atoms with Gasteiger partial charge in [-0.2, -0.15) is 0 Å². The maximum absolute atomic E-state index is 12.1. The van der Waals surface area contributed by atoms with E-state index in [1.807, 2.05) is 30.3 Å². The summed E-state index contributed by atoms with van der Waals surface area (Å²) in [7, 11) is -3.54. The Morgan fingerprint density at radius 2 is 1.62 bits per heavy atom. The lowest BCUT2D eigenvalue weighted by atomic mass is 9.49. The summed E-state index contributed by atoms with van der Waals surface area (Å²) in [5.41, 5.74) is 1.28. The average Bonchev–Trinajstić information content (AvgIpc) is 2.66. The van der Waals surface area contributed by atoms with Crippen LogP contribution in [0.15, 0.2) is 35.7 Å². The van der Waals surface area contributed by atoms with E-state index in [0.29, 0.717) is 12.0 Å². The highest BCUT2D eigenvalue weighted by atomic mass is 32.2. The lowest BCUT2D eigenvalue weighted by Gasteiger charge is -2.57. The third-order valence-corrected chi connectivity index (χ3v) is 8.14. The van der Waals surface area contributed by atoms with Gasteiger partial charge in [0.15, 0.2) is 0 Å². The molecule has 4 fully saturated rings. The molecule has 158 valence electrons. The van der Waals surface area contributed by atoms with Crippen LogP contribution >= 0.6 is 0 Å². The third-order valence-electron chi connectivity index (χ3n) is 7.04. The first-order valence-corrected chi connectivity index (χ1v) is 12.5. The molecule has 1 amide bonds. The Labute approximate surface area is 174 Å². The van der Waals surface area contributed by atoms with Crippen molar-refractivity contribution in [1.29, 1.82) is 0 Å². The van der Waals surface area contributed by atoms with Crippen LogP contribution in [-0.2, 0) is 14.8 Å². The molecule has 4 saturated carbocycles. The number of rotatable bonds is 9. The molecule has 5 nitrogen and oxygen atoms in total. The second kappa shape index (κ2) is 8.60. The van der Waals surface area contributed by atoms with Gasteiger partial charge in [-0.05, 0) is 79.8 Å².